The molecule has 0 aliphatic carbocycles. The molecule has 1 fully saturated rings. The summed E-state index contributed by atoms with van der Waals surface area (Å²) < 4.78 is 10.5. The minimum Gasteiger partial charge on any atom is -0.381 e. The van der Waals surface area contributed by atoms with Crippen LogP contribution in [0.3, 0.4) is 0 Å². The maximum atomic E-state index is 5.57. The van der Waals surface area contributed by atoms with Gasteiger partial charge in [-0.05, 0) is 0 Å². The minimum absolute atomic E-state index is 0. The van der Waals surface area contributed by atoms with Crippen LogP contribution in [0.1, 0.15) is 12.8 Å². The first kappa shape index (κ1) is 11.2. The highest BCUT2D eigenvalue weighted by molar-refractivity contribution is 5.85. The van der Waals surface area contributed by atoms with Gasteiger partial charge < -0.3 is 15.2 Å². The van der Waals surface area contributed by atoms with Gasteiger partial charge >= 0.3 is 0 Å². The number of ether oxygens (including phenoxy) is 2. The Bertz CT molecular complexity index is 98.6. The summed E-state index contributed by atoms with van der Waals surface area (Å²) in [5, 5.41) is 0. The van der Waals surface area contributed by atoms with Crippen molar-refractivity contribution in [3.8, 4) is 0 Å². The maximum Gasteiger partial charge on any atom is 0.0844 e. The van der Waals surface area contributed by atoms with Gasteiger partial charge in [-0.2, -0.15) is 0 Å². The Balaban J connectivity index is 0.000001000. The van der Waals surface area contributed by atoms with Gasteiger partial charge in [0.05, 0.1) is 5.60 Å². The average molecular weight is 182 g/mol. The summed E-state index contributed by atoms with van der Waals surface area (Å²) in [5.74, 6) is 0. The topological polar surface area (TPSA) is 44.5 Å². The lowest BCUT2D eigenvalue weighted by Gasteiger charge is -2.34. The molecule has 1 heterocycles. The van der Waals surface area contributed by atoms with Crippen LogP contribution in [-0.2, 0) is 9.47 Å². The molecule has 0 amide bonds. The second kappa shape index (κ2) is 4.93. The quantitative estimate of drug-likeness (QED) is 0.677. The van der Waals surface area contributed by atoms with E-state index in [1.165, 1.54) is 0 Å². The predicted molar refractivity (Wildman–Crippen MR) is 46.1 cm³/mol. The van der Waals surface area contributed by atoms with Gasteiger partial charge in [0, 0.05) is 39.7 Å². The van der Waals surface area contributed by atoms with Gasteiger partial charge in [0.25, 0.3) is 0 Å². The van der Waals surface area contributed by atoms with Crippen molar-refractivity contribution in [2.45, 2.75) is 18.4 Å². The molecule has 0 aromatic heterocycles. The molecular weight excluding hydrogens is 166 g/mol. The lowest BCUT2D eigenvalue weighted by atomic mass is 9.94. The zero-order chi connectivity index (χ0) is 7.45. The first-order chi connectivity index (χ1) is 4.83. The van der Waals surface area contributed by atoms with E-state index in [2.05, 4.69) is 0 Å². The van der Waals surface area contributed by atoms with E-state index in [1.807, 2.05) is 0 Å². The van der Waals surface area contributed by atoms with Gasteiger partial charge in [0.15, 0.2) is 0 Å². The zero-order valence-corrected chi connectivity index (χ0v) is 7.65. The van der Waals surface area contributed by atoms with Crippen LogP contribution in [-0.4, -0.2) is 32.5 Å². The van der Waals surface area contributed by atoms with Crippen LogP contribution < -0.4 is 5.73 Å². The molecule has 0 spiro atoms. The van der Waals surface area contributed by atoms with Crippen molar-refractivity contribution in [2.75, 3.05) is 26.9 Å². The van der Waals surface area contributed by atoms with Crippen molar-refractivity contribution in [3.63, 3.8) is 0 Å². The normalized spacial score (nSPS) is 22.4. The van der Waals surface area contributed by atoms with E-state index < -0.39 is 0 Å². The van der Waals surface area contributed by atoms with Gasteiger partial charge in [0.2, 0.25) is 0 Å². The monoisotopic (exact) mass is 181 g/mol. The van der Waals surface area contributed by atoms with Crippen molar-refractivity contribution in [1.82, 2.24) is 0 Å². The highest BCUT2D eigenvalue weighted by Crippen LogP contribution is 2.22. The number of hydrogen-bond acceptors (Lipinski definition) is 3. The smallest absolute Gasteiger partial charge is 0.0844 e. The van der Waals surface area contributed by atoms with Crippen LogP contribution in [0, 0.1) is 0 Å². The fraction of sp³-hybridized carbons (Fsp3) is 1.00. The van der Waals surface area contributed by atoms with Gasteiger partial charge in [0.1, 0.15) is 0 Å². The van der Waals surface area contributed by atoms with Crippen molar-refractivity contribution < 1.29 is 9.47 Å². The van der Waals surface area contributed by atoms with E-state index >= 15 is 0 Å². The van der Waals surface area contributed by atoms with E-state index in [9.17, 15) is 0 Å². The van der Waals surface area contributed by atoms with Crippen molar-refractivity contribution in [1.29, 1.82) is 0 Å². The summed E-state index contributed by atoms with van der Waals surface area (Å²) in [6, 6.07) is 0. The van der Waals surface area contributed by atoms with Crippen molar-refractivity contribution in [3.05, 3.63) is 0 Å². The summed E-state index contributed by atoms with van der Waals surface area (Å²) in [6.45, 7) is 2.17. The Morgan fingerprint density at radius 2 is 2.00 bits per heavy atom. The number of methoxy groups -OCH3 is 1. The molecule has 4 heteroatoms. The molecule has 0 saturated carbocycles. The Morgan fingerprint density at radius 3 is 2.27 bits per heavy atom. The third-order valence-corrected chi connectivity index (χ3v) is 2.21. The highest BCUT2D eigenvalue weighted by Gasteiger charge is 2.30. The molecule has 0 aromatic carbocycles. The van der Waals surface area contributed by atoms with Crippen molar-refractivity contribution >= 4 is 12.4 Å². The van der Waals surface area contributed by atoms with Crippen LogP contribution in [0.15, 0.2) is 0 Å². The molecule has 1 saturated heterocycles. The van der Waals surface area contributed by atoms with Crippen molar-refractivity contribution in [2.24, 2.45) is 5.73 Å². The van der Waals surface area contributed by atoms with Crippen LogP contribution in [0.5, 0.6) is 0 Å². The third kappa shape index (κ3) is 2.60. The van der Waals surface area contributed by atoms with E-state index in [-0.39, 0.29) is 18.0 Å². The molecule has 3 nitrogen and oxygen atoms in total. The Kier molecular flexibility index (Phi) is 5.01. The summed E-state index contributed by atoms with van der Waals surface area (Å²) in [6.07, 6.45) is 1.86. The first-order valence-electron chi connectivity index (χ1n) is 3.66. The van der Waals surface area contributed by atoms with E-state index in [1.54, 1.807) is 7.11 Å². The first-order valence-corrected chi connectivity index (χ1v) is 3.66. The minimum atomic E-state index is -0.0851. The maximum absolute atomic E-state index is 5.57. The van der Waals surface area contributed by atoms with Gasteiger partial charge in [-0.1, -0.05) is 0 Å². The lowest BCUT2D eigenvalue weighted by molar-refractivity contribution is -0.0831. The summed E-state index contributed by atoms with van der Waals surface area (Å²) >= 11 is 0. The standard InChI is InChI=1S/C7H15NO2.ClH/c1-9-7(6-8)2-4-10-5-3-7;/h2-6,8H2,1H3;1H. The molecule has 0 radical (unpaired) electrons. The van der Waals surface area contributed by atoms with Crippen LogP contribution in [0.4, 0.5) is 0 Å². The Hall–Kier alpha value is 0.170. The fourth-order valence-electron chi connectivity index (χ4n) is 1.23. The van der Waals surface area contributed by atoms with Crippen LogP contribution >= 0.6 is 12.4 Å². The Morgan fingerprint density at radius 1 is 1.45 bits per heavy atom. The highest BCUT2D eigenvalue weighted by atomic mass is 35.5. The predicted octanol–water partition coefficient (Wildman–Crippen LogP) is 0.562. The molecule has 2 N–H and O–H groups in total. The molecule has 11 heavy (non-hydrogen) atoms. The SMILES string of the molecule is COC1(CN)CCOCC1.Cl. The van der Waals surface area contributed by atoms with Gasteiger partial charge in [-0.25, -0.2) is 0 Å². The van der Waals surface area contributed by atoms with E-state index in [4.69, 9.17) is 15.2 Å². The molecule has 0 bridgehead atoms. The molecule has 68 valence electrons. The van der Waals surface area contributed by atoms with E-state index in [0.29, 0.717) is 6.54 Å². The number of nitrogens with two attached hydrogens (primary N) is 1. The second-order valence-corrected chi connectivity index (χ2v) is 2.70. The summed E-state index contributed by atoms with van der Waals surface area (Å²) in [7, 11) is 1.72. The molecule has 0 unspecified atom stereocenters. The zero-order valence-electron chi connectivity index (χ0n) is 6.84. The molecule has 1 rings (SSSR count). The number of rotatable bonds is 2. The summed E-state index contributed by atoms with van der Waals surface area (Å²) in [4.78, 5) is 0. The number of hydrogen-bond donors (Lipinski definition) is 1. The van der Waals surface area contributed by atoms with Gasteiger partial charge in [-0.15, -0.1) is 12.4 Å². The number of halogens is 1. The molecule has 1 aliphatic heterocycles. The molecular formula is C7H16ClNO2. The lowest BCUT2D eigenvalue weighted by Crippen LogP contribution is -2.44. The molecule has 1 aliphatic rings. The molecule has 0 atom stereocenters. The summed E-state index contributed by atoms with van der Waals surface area (Å²) in [5.41, 5.74) is 5.48. The second-order valence-electron chi connectivity index (χ2n) is 2.70. The molecule has 0 aromatic rings. The largest absolute Gasteiger partial charge is 0.381 e. The fourth-order valence-corrected chi connectivity index (χ4v) is 1.23. The van der Waals surface area contributed by atoms with Crippen LogP contribution in [0.25, 0.3) is 0 Å². The Labute approximate surface area is 73.6 Å². The van der Waals surface area contributed by atoms with Crippen LogP contribution in [0.2, 0.25) is 0 Å². The van der Waals surface area contributed by atoms with Gasteiger partial charge in [-0.3, -0.25) is 0 Å². The van der Waals surface area contributed by atoms with E-state index in [0.717, 1.165) is 26.1 Å². The average Bonchev–Trinajstić information content (AvgIpc) is 2.06. The third-order valence-electron chi connectivity index (χ3n) is 2.21.